The molecule has 2 fully saturated rings. The maximum atomic E-state index is 11.4. The molecule has 3 rings (SSSR count). The highest BCUT2D eigenvalue weighted by Crippen LogP contribution is 2.31. The van der Waals surface area contributed by atoms with Crippen molar-refractivity contribution in [3.8, 4) is 0 Å². The van der Waals surface area contributed by atoms with Crippen molar-refractivity contribution < 1.29 is 4.79 Å². The third-order valence-corrected chi connectivity index (χ3v) is 4.31. The highest BCUT2D eigenvalue weighted by molar-refractivity contribution is 5.77. The molecular formula is C14H20N4O. The third kappa shape index (κ3) is 2.25. The number of nitrogens with one attached hydrogen (secondary N) is 1. The number of amides is 1. The largest absolute Gasteiger partial charge is 0.396 e. The fourth-order valence-corrected chi connectivity index (χ4v) is 3.11. The predicted molar refractivity (Wildman–Crippen MR) is 74.9 cm³/mol. The Morgan fingerprint density at radius 1 is 1.47 bits per heavy atom. The topological polar surface area (TPSA) is 71.2 Å². The lowest BCUT2D eigenvalue weighted by atomic mass is 9.85. The summed E-state index contributed by atoms with van der Waals surface area (Å²) in [5.74, 6) is 1.62. The van der Waals surface area contributed by atoms with Crippen molar-refractivity contribution in [3.05, 3.63) is 17.8 Å². The van der Waals surface area contributed by atoms with Gasteiger partial charge in [0.05, 0.1) is 5.69 Å². The van der Waals surface area contributed by atoms with Gasteiger partial charge in [-0.2, -0.15) is 0 Å². The lowest BCUT2D eigenvalue weighted by molar-refractivity contribution is -0.124. The fourth-order valence-electron chi connectivity index (χ4n) is 3.11. The average molecular weight is 260 g/mol. The van der Waals surface area contributed by atoms with Crippen LogP contribution in [0.15, 0.2) is 12.3 Å². The van der Waals surface area contributed by atoms with Crippen molar-refractivity contribution in [1.29, 1.82) is 0 Å². The molecule has 19 heavy (non-hydrogen) atoms. The molecule has 2 unspecified atom stereocenters. The molecule has 0 spiro atoms. The lowest BCUT2D eigenvalue weighted by Crippen LogP contribution is -2.54. The Morgan fingerprint density at radius 3 is 3.16 bits per heavy atom. The normalized spacial score (nSPS) is 26.8. The summed E-state index contributed by atoms with van der Waals surface area (Å²) in [6, 6.07) is 2.27. The van der Waals surface area contributed by atoms with Crippen LogP contribution in [0.25, 0.3) is 0 Å². The van der Waals surface area contributed by atoms with E-state index in [-0.39, 0.29) is 5.91 Å². The van der Waals surface area contributed by atoms with E-state index in [0.717, 1.165) is 43.0 Å². The van der Waals surface area contributed by atoms with Crippen molar-refractivity contribution in [1.82, 2.24) is 10.3 Å². The smallest absolute Gasteiger partial charge is 0.220 e. The first-order valence-corrected chi connectivity index (χ1v) is 6.90. The van der Waals surface area contributed by atoms with Crippen LogP contribution in [0.3, 0.4) is 0 Å². The number of aromatic nitrogens is 1. The van der Waals surface area contributed by atoms with E-state index in [4.69, 9.17) is 5.73 Å². The van der Waals surface area contributed by atoms with Gasteiger partial charge in [-0.15, -0.1) is 0 Å². The highest BCUT2D eigenvalue weighted by atomic mass is 16.1. The number of hydrogen-bond donors (Lipinski definition) is 2. The molecule has 1 amide bonds. The van der Waals surface area contributed by atoms with Crippen molar-refractivity contribution in [2.75, 3.05) is 23.7 Å². The number of rotatable bonds is 1. The van der Waals surface area contributed by atoms with Gasteiger partial charge in [-0.25, -0.2) is 4.98 Å². The molecule has 3 N–H and O–H groups in total. The summed E-state index contributed by atoms with van der Waals surface area (Å²) >= 11 is 0. The lowest BCUT2D eigenvalue weighted by Gasteiger charge is -2.42. The Balaban J connectivity index is 1.78. The minimum atomic E-state index is 0.197. The van der Waals surface area contributed by atoms with Gasteiger partial charge in [-0.3, -0.25) is 4.79 Å². The average Bonchev–Trinajstić information content (AvgIpc) is 2.41. The van der Waals surface area contributed by atoms with Gasteiger partial charge >= 0.3 is 0 Å². The summed E-state index contributed by atoms with van der Waals surface area (Å²) in [5, 5.41) is 3.10. The van der Waals surface area contributed by atoms with Gasteiger partial charge in [0, 0.05) is 31.7 Å². The second kappa shape index (κ2) is 4.72. The number of pyridine rings is 1. The predicted octanol–water partition coefficient (Wildman–Crippen LogP) is 1.08. The number of nitrogens with zero attached hydrogens (tertiary/aromatic N) is 2. The van der Waals surface area contributed by atoms with Gasteiger partial charge < -0.3 is 16.0 Å². The molecule has 0 aromatic carbocycles. The summed E-state index contributed by atoms with van der Waals surface area (Å²) in [4.78, 5) is 18.1. The standard InChI is InChI=1S/C14H20N4O/c1-9-4-6-16-14(13(9)15)18-7-5-11-10(8-18)2-3-12(19)17-11/h4,6,10-11H,2-3,5,7-8,15H2,1H3,(H,17,19). The molecule has 1 aromatic rings. The molecule has 5 heteroatoms. The SMILES string of the molecule is Cc1ccnc(N2CCC3NC(=O)CCC3C2)c1N. The van der Waals surface area contributed by atoms with Gasteiger partial charge in [0.1, 0.15) is 0 Å². The molecule has 5 nitrogen and oxygen atoms in total. The Kier molecular flexibility index (Phi) is 3.05. The molecule has 0 bridgehead atoms. The summed E-state index contributed by atoms with van der Waals surface area (Å²) in [5.41, 5.74) is 7.98. The molecule has 2 atom stereocenters. The molecule has 102 valence electrons. The van der Waals surface area contributed by atoms with Crippen molar-refractivity contribution >= 4 is 17.4 Å². The van der Waals surface area contributed by atoms with E-state index in [1.807, 2.05) is 19.2 Å². The van der Waals surface area contributed by atoms with Gasteiger partial charge in [0.25, 0.3) is 0 Å². The first kappa shape index (κ1) is 12.3. The van der Waals surface area contributed by atoms with E-state index < -0.39 is 0 Å². The van der Waals surface area contributed by atoms with Crippen molar-refractivity contribution in [2.45, 2.75) is 32.2 Å². The van der Waals surface area contributed by atoms with E-state index in [1.54, 1.807) is 0 Å². The maximum absolute atomic E-state index is 11.4. The highest BCUT2D eigenvalue weighted by Gasteiger charge is 2.34. The summed E-state index contributed by atoms with van der Waals surface area (Å²) in [6.07, 6.45) is 4.41. The number of piperidine rings is 2. The first-order chi connectivity index (χ1) is 9.15. The first-order valence-electron chi connectivity index (χ1n) is 6.90. The van der Waals surface area contributed by atoms with Crippen LogP contribution in [0, 0.1) is 12.8 Å². The fraction of sp³-hybridized carbons (Fsp3) is 0.571. The Hall–Kier alpha value is -1.78. The molecule has 0 radical (unpaired) electrons. The van der Waals surface area contributed by atoms with Gasteiger partial charge in [-0.05, 0) is 37.3 Å². The monoisotopic (exact) mass is 260 g/mol. The second-order valence-corrected chi connectivity index (χ2v) is 5.57. The van der Waals surface area contributed by atoms with E-state index in [9.17, 15) is 4.79 Å². The minimum absolute atomic E-state index is 0.197. The molecule has 2 aliphatic rings. The molecule has 2 aliphatic heterocycles. The summed E-state index contributed by atoms with van der Waals surface area (Å²) in [6.45, 7) is 3.85. The Labute approximate surface area is 113 Å². The number of anilines is 2. The number of hydrogen-bond acceptors (Lipinski definition) is 4. The van der Waals surface area contributed by atoms with Crippen LogP contribution < -0.4 is 16.0 Å². The molecule has 0 saturated carbocycles. The van der Waals surface area contributed by atoms with Crippen LogP contribution in [0.2, 0.25) is 0 Å². The Morgan fingerprint density at radius 2 is 2.32 bits per heavy atom. The molecular weight excluding hydrogens is 240 g/mol. The van der Waals surface area contributed by atoms with E-state index >= 15 is 0 Å². The van der Waals surface area contributed by atoms with Crippen LogP contribution in [0.4, 0.5) is 11.5 Å². The van der Waals surface area contributed by atoms with Crippen molar-refractivity contribution in [3.63, 3.8) is 0 Å². The van der Waals surface area contributed by atoms with E-state index in [1.165, 1.54) is 0 Å². The number of carbonyl (C=O) groups is 1. The zero-order valence-corrected chi connectivity index (χ0v) is 11.2. The second-order valence-electron chi connectivity index (χ2n) is 5.57. The zero-order valence-electron chi connectivity index (χ0n) is 11.2. The molecule has 0 aliphatic carbocycles. The third-order valence-electron chi connectivity index (χ3n) is 4.31. The molecule has 3 heterocycles. The zero-order chi connectivity index (χ0) is 13.4. The summed E-state index contributed by atoms with van der Waals surface area (Å²) < 4.78 is 0. The summed E-state index contributed by atoms with van der Waals surface area (Å²) in [7, 11) is 0. The molecule has 2 saturated heterocycles. The van der Waals surface area contributed by atoms with Gasteiger partial charge in [-0.1, -0.05) is 0 Å². The van der Waals surface area contributed by atoms with Crippen LogP contribution in [0.5, 0.6) is 0 Å². The minimum Gasteiger partial charge on any atom is -0.396 e. The van der Waals surface area contributed by atoms with Gasteiger partial charge in [0.15, 0.2) is 5.82 Å². The molecule has 1 aromatic heterocycles. The number of aryl methyl sites for hydroxylation is 1. The number of nitrogen functional groups attached to an aromatic ring is 1. The maximum Gasteiger partial charge on any atom is 0.220 e. The van der Waals surface area contributed by atoms with Crippen molar-refractivity contribution in [2.24, 2.45) is 5.92 Å². The van der Waals surface area contributed by atoms with E-state index in [0.29, 0.717) is 18.4 Å². The number of carbonyl (C=O) groups excluding carboxylic acids is 1. The van der Waals surface area contributed by atoms with Crippen LogP contribution in [0.1, 0.15) is 24.8 Å². The van der Waals surface area contributed by atoms with E-state index in [2.05, 4.69) is 15.2 Å². The van der Waals surface area contributed by atoms with Gasteiger partial charge in [0.2, 0.25) is 5.91 Å². The van der Waals surface area contributed by atoms with Crippen LogP contribution in [-0.2, 0) is 4.79 Å². The van der Waals surface area contributed by atoms with Crippen LogP contribution in [-0.4, -0.2) is 30.0 Å². The Bertz CT molecular complexity index is 502. The number of nitrogens with two attached hydrogens (primary N) is 1. The van der Waals surface area contributed by atoms with Crippen LogP contribution >= 0.6 is 0 Å². The quantitative estimate of drug-likeness (QED) is 0.792. The number of fused-ring (bicyclic) bond motifs is 1.